The van der Waals surface area contributed by atoms with Crippen LogP contribution in [0.25, 0.3) is 0 Å². The zero-order valence-corrected chi connectivity index (χ0v) is 24.5. The lowest BCUT2D eigenvalue weighted by atomic mass is 10.1. The van der Waals surface area contributed by atoms with E-state index in [-0.39, 0.29) is 0 Å². The van der Waals surface area contributed by atoms with Crippen LogP contribution in [0.5, 0.6) is 0 Å². The average Bonchev–Trinajstić information content (AvgIpc) is 2.88. The fourth-order valence-electron chi connectivity index (χ4n) is 4.37. The van der Waals surface area contributed by atoms with Gasteiger partial charge in [-0.3, -0.25) is 4.99 Å². The molecule has 0 aliphatic carbocycles. The molecule has 6 nitrogen and oxygen atoms in total. The summed E-state index contributed by atoms with van der Waals surface area (Å²) in [5.74, 6) is 0. The zero-order valence-electron chi connectivity index (χ0n) is 24.5. The van der Waals surface area contributed by atoms with Gasteiger partial charge in [0.15, 0.2) is 0 Å². The van der Waals surface area contributed by atoms with Crippen LogP contribution in [0, 0.1) is 0 Å². The number of hydrogen-bond acceptors (Lipinski definition) is 6. The molecule has 6 N–H and O–H groups in total. The maximum absolute atomic E-state index is 5.93. The molecule has 0 aromatic rings. The standard InChI is InChI=1S/C30H62N6/c1-5-9-20-28(7-3)35-23-14-12-10-11-13-16-24-36(26-18-22-33-8-4)25-17-15-21-34-27-30(32)29(31)19-6-2/h6,19,27-28,33,35H,5,7-18,20-26,31-32H2,1-4H3/b19-6-,30-29+,34-27+. The Morgan fingerprint density at radius 1 is 0.806 bits per heavy atom. The molecule has 0 bridgehead atoms. The van der Waals surface area contributed by atoms with Crippen molar-refractivity contribution in [1.82, 2.24) is 15.5 Å². The first-order valence-electron chi connectivity index (χ1n) is 15.1. The predicted molar refractivity (Wildman–Crippen MR) is 162 cm³/mol. The van der Waals surface area contributed by atoms with Crippen molar-refractivity contribution >= 4 is 6.21 Å². The summed E-state index contributed by atoms with van der Waals surface area (Å²) in [5.41, 5.74) is 12.9. The van der Waals surface area contributed by atoms with Crippen molar-refractivity contribution < 1.29 is 0 Å². The second-order valence-electron chi connectivity index (χ2n) is 10.0. The lowest BCUT2D eigenvalue weighted by Crippen LogP contribution is -2.29. The minimum absolute atomic E-state index is 0.548. The molecule has 0 aliphatic rings. The molecule has 6 heteroatoms. The molecule has 0 saturated carbocycles. The van der Waals surface area contributed by atoms with Crippen LogP contribution >= 0.6 is 0 Å². The Bertz CT molecular complexity index is 558. The lowest BCUT2D eigenvalue weighted by Gasteiger charge is -2.22. The number of nitrogens with one attached hydrogen (secondary N) is 2. The third-order valence-corrected chi connectivity index (χ3v) is 6.73. The van der Waals surface area contributed by atoms with Gasteiger partial charge in [-0.15, -0.1) is 0 Å². The number of nitrogens with zero attached hydrogens (tertiary/aromatic N) is 2. The number of aliphatic imine (C=N–C) groups is 1. The summed E-state index contributed by atoms with van der Waals surface area (Å²) in [6, 6.07) is 0.729. The second-order valence-corrected chi connectivity index (χ2v) is 10.0. The van der Waals surface area contributed by atoms with E-state index in [1.165, 1.54) is 96.7 Å². The first-order valence-corrected chi connectivity index (χ1v) is 15.1. The van der Waals surface area contributed by atoms with Gasteiger partial charge in [0.05, 0.1) is 11.4 Å². The Labute approximate surface area is 224 Å². The summed E-state index contributed by atoms with van der Waals surface area (Å²) in [4.78, 5) is 7.10. The van der Waals surface area contributed by atoms with Crippen LogP contribution in [0.3, 0.4) is 0 Å². The van der Waals surface area contributed by atoms with E-state index < -0.39 is 0 Å². The summed E-state index contributed by atoms with van der Waals surface area (Å²) < 4.78 is 0. The van der Waals surface area contributed by atoms with Crippen LogP contribution in [0.1, 0.15) is 111 Å². The van der Waals surface area contributed by atoms with Crippen molar-refractivity contribution in [2.75, 3.05) is 45.8 Å². The van der Waals surface area contributed by atoms with E-state index in [1.807, 2.05) is 13.0 Å². The Balaban J connectivity index is 4.04. The Kier molecular flexibility index (Phi) is 25.7. The van der Waals surface area contributed by atoms with Crippen LogP contribution in [0.15, 0.2) is 28.5 Å². The minimum Gasteiger partial charge on any atom is -0.397 e. The van der Waals surface area contributed by atoms with Crippen LogP contribution in [-0.4, -0.2) is 63.0 Å². The minimum atomic E-state index is 0.548. The highest BCUT2D eigenvalue weighted by atomic mass is 15.1. The van der Waals surface area contributed by atoms with Gasteiger partial charge in [0.1, 0.15) is 0 Å². The normalized spacial score (nSPS) is 13.8. The Hall–Kier alpha value is -1.37. The third kappa shape index (κ3) is 21.9. The number of nitrogens with two attached hydrogens (primary N) is 2. The van der Waals surface area contributed by atoms with E-state index in [4.69, 9.17) is 11.5 Å². The predicted octanol–water partition coefficient (Wildman–Crippen LogP) is 5.74. The first kappa shape index (κ1) is 34.6. The smallest absolute Gasteiger partial charge is 0.0728 e. The summed E-state index contributed by atoms with van der Waals surface area (Å²) in [7, 11) is 0. The number of hydrogen-bond donors (Lipinski definition) is 4. The van der Waals surface area contributed by atoms with Crippen molar-refractivity contribution in [3.63, 3.8) is 0 Å². The lowest BCUT2D eigenvalue weighted by molar-refractivity contribution is 0.258. The van der Waals surface area contributed by atoms with Crippen LogP contribution < -0.4 is 22.1 Å². The van der Waals surface area contributed by atoms with E-state index in [0.717, 1.165) is 38.6 Å². The quantitative estimate of drug-likeness (QED) is 0.0682. The molecule has 0 rings (SSSR count). The molecule has 0 saturated heterocycles. The monoisotopic (exact) mass is 507 g/mol. The molecule has 0 amide bonds. The molecule has 0 spiro atoms. The largest absolute Gasteiger partial charge is 0.397 e. The van der Waals surface area contributed by atoms with Crippen LogP contribution in [0.2, 0.25) is 0 Å². The van der Waals surface area contributed by atoms with Crippen LogP contribution in [-0.2, 0) is 0 Å². The Morgan fingerprint density at radius 3 is 2.14 bits per heavy atom. The maximum atomic E-state index is 5.93. The Morgan fingerprint density at radius 2 is 1.47 bits per heavy atom. The first-order chi connectivity index (χ1) is 17.6. The van der Waals surface area contributed by atoms with E-state index in [1.54, 1.807) is 12.3 Å². The van der Waals surface area contributed by atoms with Gasteiger partial charge in [0.25, 0.3) is 0 Å². The van der Waals surface area contributed by atoms with Gasteiger partial charge in [0.2, 0.25) is 0 Å². The van der Waals surface area contributed by atoms with Crippen molar-refractivity contribution in [1.29, 1.82) is 0 Å². The van der Waals surface area contributed by atoms with Gasteiger partial charge in [-0.2, -0.15) is 0 Å². The number of rotatable bonds is 26. The van der Waals surface area contributed by atoms with E-state index in [0.29, 0.717) is 11.4 Å². The van der Waals surface area contributed by atoms with E-state index >= 15 is 0 Å². The molecule has 0 aliphatic heterocycles. The van der Waals surface area contributed by atoms with E-state index in [2.05, 4.69) is 41.3 Å². The SMILES string of the molecule is C\C=C/C(N)=C(N)/C=N/CCCCN(CCCCCCCCNC(CC)CCCC)CCCNCC. The molecule has 1 atom stereocenters. The molecular formula is C30H62N6. The maximum Gasteiger partial charge on any atom is 0.0728 e. The van der Waals surface area contributed by atoms with Crippen molar-refractivity contribution in [3.8, 4) is 0 Å². The number of allylic oxidation sites excluding steroid dienone is 3. The van der Waals surface area contributed by atoms with Crippen molar-refractivity contribution in [2.24, 2.45) is 16.5 Å². The van der Waals surface area contributed by atoms with Gasteiger partial charge < -0.3 is 27.0 Å². The highest BCUT2D eigenvalue weighted by Gasteiger charge is 2.06. The van der Waals surface area contributed by atoms with Crippen molar-refractivity contribution in [3.05, 3.63) is 23.5 Å². The van der Waals surface area contributed by atoms with Gasteiger partial charge in [-0.05, 0) is 97.2 Å². The summed E-state index contributed by atoms with van der Waals surface area (Å²) in [5, 5.41) is 7.22. The van der Waals surface area contributed by atoms with Gasteiger partial charge >= 0.3 is 0 Å². The average molecular weight is 507 g/mol. The molecular weight excluding hydrogens is 444 g/mol. The fraction of sp³-hybridized carbons (Fsp3) is 0.833. The fourth-order valence-corrected chi connectivity index (χ4v) is 4.37. The van der Waals surface area contributed by atoms with Gasteiger partial charge in [-0.1, -0.05) is 65.4 Å². The van der Waals surface area contributed by atoms with Crippen LogP contribution in [0.4, 0.5) is 0 Å². The molecule has 1 unspecified atom stereocenters. The second kappa shape index (κ2) is 26.7. The number of unbranched alkanes of at least 4 members (excludes halogenated alkanes) is 7. The highest BCUT2D eigenvalue weighted by molar-refractivity contribution is 5.78. The van der Waals surface area contributed by atoms with E-state index in [9.17, 15) is 0 Å². The highest BCUT2D eigenvalue weighted by Crippen LogP contribution is 2.09. The molecule has 0 radical (unpaired) electrons. The molecule has 0 aromatic heterocycles. The molecule has 212 valence electrons. The van der Waals surface area contributed by atoms with Gasteiger partial charge in [-0.25, -0.2) is 0 Å². The summed E-state index contributed by atoms with van der Waals surface area (Å²) in [6.07, 6.45) is 22.2. The molecule has 0 heterocycles. The molecule has 0 fully saturated rings. The topological polar surface area (TPSA) is 91.7 Å². The van der Waals surface area contributed by atoms with Gasteiger partial charge in [0, 0.05) is 18.8 Å². The van der Waals surface area contributed by atoms with Crippen molar-refractivity contribution in [2.45, 2.75) is 117 Å². The summed E-state index contributed by atoms with van der Waals surface area (Å²) >= 11 is 0. The zero-order chi connectivity index (χ0) is 26.7. The third-order valence-electron chi connectivity index (χ3n) is 6.73. The molecule has 0 aromatic carbocycles. The summed E-state index contributed by atoms with van der Waals surface area (Å²) in [6.45, 7) is 16.4. The molecule has 36 heavy (non-hydrogen) atoms.